The Kier molecular flexibility index (Phi) is 5.30. The number of carbonyl (C=O) groups excluding carboxylic acids is 2. The molecule has 3 aromatic rings. The SMILES string of the molecule is O=C(Nc1nnc(C2CC(=O)N(c3ccc(Cl)cc3)C2)s1)c1cccc(Cl)c1. The van der Waals surface area contributed by atoms with Gasteiger partial charge >= 0.3 is 0 Å². The molecule has 2 heterocycles. The predicted molar refractivity (Wildman–Crippen MR) is 110 cm³/mol. The van der Waals surface area contributed by atoms with E-state index in [4.69, 9.17) is 23.2 Å². The third-order valence-electron chi connectivity index (χ3n) is 4.36. The first-order valence-electron chi connectivity index (χ1n) is 8.46. The third kappa shape index (κ3) is 4.01. The molecule has 9 heteroatoms. The van der Waals surface area contributed by atoms with Crippen molar-refractivity contribution in [2.45, 2.75) is 12.3 Å². The van der Waals surface area contributed by atoms with Crippen molar-refractivity contribution in [3.8, 4) is 0 Å². The summed E-state index contributed by atoms with van der Waals surface area (Å²) in [6.07, 6.45) is 0.347. The van der Waals surface area contributed by atoms with E-state index < -0.39 is 0 Å². The molecule has 1 aromatic heterocycles. The molecule has 0 spiro atoms. The number of hydrogen-bond acceptors (Lipinski definition) is 5. The molecule has 1 aliphatic heterocycles. The molecule has 142 valence electrons. The second-order valence-electron chi connectivity index (χ2n) is 6.29. The maximum atomic E-state index is 12.4. The van der Waals surface area contributed by atoms with Crippen molar-refractivity contribution < 1.29 is 9.59 Å². The topological polar surface area (TPSA) is 75.2 Å². The number of aromatic nitrogens is 2. The van der Waals surface area contributed by atoms with Crippen molar-refractivity contribution in [3.63, 3.8) is 0 Å². The minimum atomic E-state index is -0.310. The van der Waals surface area contributed by atoms with E-state index in [0.717, 1.165) is 5.69 Å². The number of carbonyl (C=O) groups is 2. The highest BCUT2D eigenvalue weighted by atomic mass is 35.5. The monoisotopic (exact) mass is 432 g/mol. The van der Waals surface area contributed by atoms with Gasteiger partial charge in [-0.15, -0.1) is 10.2 Å². The average molecular weight is 433 g/mol. The predicted octanol–water partition coefficient (Wildman–Crippen LogP) is 4.62. The number of rotatable bonds is 4. The van der Waals surface area contributed by atoms with Gasteiger partial charge in [0.1, 0.15) is 5.01 Å². The Bertz CT molecular complexity index is 1040. The van der Waals surface area contributed by atoms with Crippen LogP contribution >= 0.6 is 34.5 Å². The second kappa shape index (κ2) is 7.87. The number of anilines is 2. The largest absolute Gasteiger partial charge is 0.312 e. The third-order valence-corrected chi connectivity index (χ3v) is 5.85. The Morgan fingerprint density at radius 3 is 2.64 bits per heavy atom. The van der Waals surface area contributed by atoms with Crippen molar-refractivity contribution in [1.82, 2.24) is 10.2 Å². The Morgan fingerprint density at radius 1 is 1.11 bits per heavy atom. The normalized spacial score (nSPS) is 16.4. The van der Waals surface area contributed by atoms with Gasteiger partial charge in [-0.3, -0.25) is 14.9 Å². The van der Waals surface area contributed by atoms with Crippen molar-refractivity contribution in [2.24, 2.45) is 0 Å². The summed E-state index contributed by atoms with van der Waals surface area (Å²) in [5.74, 6) is -0.361. The molecule has 0 radical (unpaired) electrons. The van der Waals surface area contributed by atoms with E-state index in [1.54, 1.807) is 41.3 Å². The molecule has 1 unspecified atom stereocenters. The number of amides is 2. The van der Waals surface area contributed by atoms with Gasteiger partial charge < -0.3 is 4.90 Å². The van der Waals surface area contributed by atoms with Crippen LogP contribution in [0, 0.1) is 0 Å². The van der Waals surface area contributed by atoms with E-state index >= 15 is 0 Å². The highest BCUT2D eigenvalue weighted by molar-refractivity contribution is 7.15. The molecule has 0 bridgehead atoms. The standard InChI is InChI=1S/C19H14Cl2N4O2S/c20-13-4-6-15(7-5-13)25-10-12(9-16(25)26)18-23-24-19(28-18)22-17(27)11-2-1-3-14(21)8-11/h1-8,12H,9-10H2,(H,22,24,27). The lowest BCUT2D eigenvalue weighted by atomic mass is 10.1. The molecule has 1 atom stereocenters. The fourth-order valence-electron chi connectivity index (χ4n) is 2.99. The van der Waals surface area contributed by atoms with Gasteiger partial charge in [0.15, 0.2) is 0 Å². The van der Waals surface area contributed by atoms with Gasteiger partial charge in [-0.1, -0.05) is 40.6 Å². The van der Waals surface area contributed by atoms with Crippen molar-refractivity contribution >= 4 is 57.2 Å². The summed E-state index contributed by atoms with van der Waals surface area (Å²) in [5.41, 5.74) is 1.24. The fourth-order valence-corrected chi connectivity index (χ4v) is 4.14. The van der Waals surface area contributed by atoms with E-state index in [1.807, 2.05) is 12.1 Å². The van der Waals surface area contributed by atoms with Crippen LogP contribution in [-0.2, 0) is 4.79 Å². The molecule has 0 saturated carbocycles. The van der Waals surface area contributed by atoms with E-state index in [-0.39, 0.29) is 17.7 Å². The van der Waals surface area contributed by atoms with Gasteiger partial charge in [0, 0.05) is 40.2 Å². The molecule has 28 heavy (non-hydrogen) atoms. The Labute approximate surface area is 175 Å². The number of benzene rings is 2. The quantitative estimate of drug-likeness (QED) is 0.652. The van der Waals surface area contributed by atoms with Crippen molar-refractivity contribution in [2.75, 3.05) is 16.8 Å². The average Bonchev–Trinajstić information content (AvgIpc) is 3.29. The fraction of sp³-hybridized carbons (Fsp3) is 0.158. The summed E-state index contributed by atoms with van der Waals surface area (Å²) in [5, 5.41) is 13.1. The summed E-state index contributed by atoms with van der Waals surface area (Å²) in [6, 6.07) is 13.8. The molecule has 4 rings (SSSR count). The first kappa shape index (κ1) is 18.9. The number of hydrogen-bond donors (Lipinski definition) is 1. The maximum Gasteiger partial charge on any atom is 0.257 e. The first-order chi connectivity index (χ1) is 13.5. The second-order valence-corrected chi connectivity index (χ2v) is 8.17. The minimum absolute atomic E-state index is 0.0204. The van der Waals surface area contributed by atoms with Crippen LogP contribution in [0.1, 0.15) is 27.7 Å². The highest BCUT2D eigenvalue weighted by Gasteiger charge is 2.34. The van der Waals surface area contributed by atoms with E-state index in [2.05, 4.69) is 15.5 Å². The van der Waals surface area contributed by atoms with Crippen LogP contribution in [0.5, 0.6) is 0 Å². The van der Waals surface area contributed by atoms with Crippen molar-refractivity contribution in [1.29, 1.82) is 0 Å². The minimum Gasteiger partial charge on any atom is -0.312 e. The first-order valence-corrected chi connectivity index (χ1v) is 10.0. The zero-order chi connectivity index (χ0) is 19.7. The van der Waals surface area contributed by atoms with Gasteiger partial charge in [0.25, 0.3) is 5.91 Å². The lowest BCUT2D eigenvalue weighted by Gasteiger charge is -2.16. The molecule has 1 N–H and O–H groups in total. The number of nitrogens with one attached hydrogen (secondary N) is 1. The maximum absolute atomic E-state index is 12.4. The van der Waals surface area contributed by atoms with Crippen LogP contribution < -0.4 is 10.2 Å². The lowest BCUT2D eigenvalue weighted by Crippen LogP contribution is -2.24. The highest BCUT2D eigenvalue weighted by Crippen LogP contribution is 2.34. The molecule has 1 aliphatic rings. The molecule has 2 amide bonds. The van der Waals surface area contributed by atoms with Crippen LogP contribution in [0.3, 0.4) is 0 Å². The molecule has 1 fully saturated rings. The molecule has 6 nitrogen and oxygen atoms in total. The van der Waals surface area contributed by atoms with Crippen LogP contribution in [-0.4, -0.2) is 28.6 Å². The van der Waals surface area contributed by atoms with Crippen LogP contribution in [0.2, 0.25) is 10.0 Å². The van der Waals surface area contributed by atoms with Gasteiger partial charge in [0.2, 0.25) is 11.0 Å². The van der Waals surface area contributed by atoms with Crippen LogP contribution in [0.15, 0.2) is 48.5 Å². The summed E-state index contributed by atoms with van der Waals surface area (Å²) in [4.78, 5) is 26.4. The summed E-state index contributed by atoms with van der Waals surface area (Å²) >= 11 is 13.1. The van der Waals surface area contributed by atoms with Gasteiger partial charge in [-0.25, -0.2) is 0 Å². The number of nitrogens with zero attached hydrogens (tertiary/aromatic N) is 3. The summed E-state index contributed by atoms with van der Waals surface area (Å²) < 4.78 is 0. The van der Waals surface area contributed by atoms with Crippen molar-refractivity contribution in [3.05, 3.63) is 69.1 Å². The zero-order valence-corrected chi connectivity index (χ0v) is 16.8. The smallest absolute Gasteiger partial charge is 0.257 e. The molecule has 0 aliphatic carbocycles. The Balaban J connectivity index is 1.45. The van der Waals surface area contributed by atoms with Crippen LogP contribution in [0.4, 0.5) is 10.8 Å². The number of halogens is 2. The summed E-state index contributed by atoms with van der Waals surface area (Å²) in [7, 11) is 0. The zero-order valence-electron chi connectivity index (χ0n) is 14.4. The van der Waals surface area contributed by atoms with Crippen LogP contribution in [0.25, 0.3) is 0 Å². The molecular formula is C19H14Cl2N4O2S. The lowest BCUT2D eigenvalue weighted by molar-refractivity contribution is -0.117. The van der Waals surface area contributed by atoms with Gasteiger partial charge in [-0.05, 0) is 42.5 Å². The Hall–Kier alpha value is -2.48. The van der Waals surface area contributed by atoms with Gasteiger partial charge in [-0.2, -0.15) is 0 Å². The van der Waals surface area contributed by atoms with Gasteiger partial charge in [0.05, 0.1) is 0 Å². The van der Waals surface area contributed by atoms with E-state index in [0.29, 0.717) is 38.7 Å². The molecular weight excluding hydrogens is 419 g/mol. The van der Waals surface area contributed by atoms with E-state index in [1.165, 1.54) is 11.3 Å². The molecule has 2 aromatic carbocycles. The molecule has 1 saturated heterocycles. The Morgan fingerprint density at radius 2 is 1.89 bits per heavy atom. The summed E-state index contributed by atoms with van der Waals surface area (Å²) in [6.45, 7) is 0.511. The van der Waals surface area contributed by atoms with E-state index in [9.17, 15) is 9.59 Å².